The summed E-state index contributed by atoms with van der Waals surface area (Å²) in [6.07, 6.45) is 1.72. The molecule has 14 heavy (non-hydrogen) atoms. The summed E-state index contributed by atoms with van der Waals surface area (Å²) < 4.78 is 23.1. The van der Waals surface area contributed by atoms with Gasteiger partial charge in [-0.3, -0.25) is 4.79 Å². The van der Waals surface area contributed by atoms with Crippen LogP contribution in [-0.4, -0.2) is 50.9 Å². The van der Waals surface area contributed by atoms with E-state index in [9.17, 15) is 13.2 Å². The number of sulfonamides is 1. The molecule has 0 rings (SSSR count). The maximum Gasteiger partial charge on any atom is 0.234 e. The summed E-state index contributed by atoms with van der Waals surface area (Å²) in [4.78, 5) is 10.7. The largest absolute Gasteiger partial charge is 0.355 e. The molecule has 5 nitrogen and oxygen atoms in total. The number of nitrogens with one attached hydrogen (secondary N) is 1. The highest BCUT2D eigenvalue weighted by Gasteiger charge is 2.09. The van der Waals surface area contributed by atoms with Crippen LogP contribution < -0.4 is 5.32 Å². The number of alkyl halides is 1. The van der Waals surface area contributed by atoms with Crippen LogP contribution in [0.4, 0.5) is 0 Å². The molecule has 0 fully saturated rings. The van der Waals surface area contributed by atoms with Crippen LogP contribution in [-0.2, 0) is 14.8 Å². The van der Waals surface area contributed by atoms with Crippen molar-refractivity contribution in [1.82, 2.24) is 9.62 Å². The van der Waals surface area contributed by atoms with Crippen LogP contribution in [0.25, 0.3) is 0 Å². The lowest BCUT2D eigenvalue weighted by atomic mass is 10.4. The van der Waals surface area contributed by atoms with E-state index < -0.39 is 10.0 Å². The Morgan fingerprint density at radius 1 is 1.50 bits per heavy atom. The Hall–Kier alpha value is -0.330. The lowest BCUT2D eigenvalue weighted by molar-refractivity contribution is -0.118. The van der Waals surface area contributed by atoms with Gasteiger partial charge in [-0.1, -0.05) is 0 Å². The lowest BCUT2D eigenvalue weighted by Crippen LogP contribution is -2.31. The van der Waals surface area contributed by atoms with Crippen molar-refractivity contribution in [3.8, 4) is 0 Å². The smallest absolute Gasteiger partial charge is 0.234 e. The zero-order valence-corrected chi connectivity index (χ0v) is 9.86. The molecular formula is C7H15ClN2O3S. The van der Waals surface area contributed by atoms with Crippen molar-refractivity contribution >= 4 is 27.5 Å². The molecule has 0 heterocycles. The molecule has 0 spiro atoms. The Bertz CT molecular complexity index is 279. The Kier molecular flexibility index (Phi) is 6.06. The number of halogens is 1. The predicted octanol–water partition coefficient (Wildman–Crippen LogP) is -0.377. The quantitative estimate of drug-likeness (QED) is 0.510. The highest BCUT2D eigenvalue weighted by atomic mass is 35.5. The second-order valence-corrected chi connectivity index (χ2v) is 5.28. The Labute approximate surface area is 89.5 Å². The van der Waals surface area contributed by atoms with Crippen molar-refractivity contribution < 1.29 is 13.2 Å². The van der Waals surface area contributed by atoms with Crippen LogP contribution in [0.15, 0.2) is 0 Å². The molecule has 0 bridgehead atoms. The summed E-state index contributed by atoms with van der Waals surface area (Å²) in [5.41, 5.74) is 0. The van der Waals surface area contributed by atoms with Crippen LogP contribution in [0.1, 0.15) is 6.42 Å². The molecule has 1 amide bonds. The number of carbonyl (C=O) groups excluding carboxylic acids is 1. The molecule has 0 saturated heterocycles. The summed E-state index contributed by atoms with van der Waals surface area (Å²) in [5.74, 6) is -0.310. The van der Waals surface area contributed by atoms with E-state index in [-0.39, 0.29) is 11.8 Å². The van der Waals surface area contributed by atoms with Gasteiger partial charge in [0, 0.05) is 20.1 Å². The van der Waals surface area contributed by atoms with E-state index >= 15 is 0 Å². The normalized spacial score (nSPS) is 11.7. The van der Waals surface area contributed by atoms with Crippen LogP contribution in [0.2, 0.25) is 0 Å². The molecule has 84 valence electrons. The highest BCUT2D eigenvalue weighted by molar-refractivity contribution is 7.88. The number of carbonyl (C=O) groups is 1. The van der Waals surface area contributed by atoms with E-state index in [0.717, 1.165) is 6.26 Å². The van der Waals surface area contributed by atoms with Gasteiger partial charge in [-0.15, -0.1) is 11.6 Å². The number of hydrogen-bond donors (Lipinski definition) is 1. The van der Waals surface area contributed by atoms with Gasteiger partial charge in [0.1, 0.15) is 5.88 Å². The first kappa shape index (κ1) is 13.7. The molecule has 0 aromatic carbocycles. The molecule has 0 aliphatic carbocycles. The fraction of sp³-hybridized carbons (Fsp3) is 0.857. The third kappa shape index (κ3) is 6.17. The minimum absolute atomic E-state index is 0.0675. The predicted molar refractivity (Wildman–Crippen MR) is 55.8 cm³/mol. The van der Waals surface area contributed by atoms with Crippen LogP contribution >= 0.6 is 11.6 Å². The van der Waals surface area contributed by atoms with Gasteiger partial charge in [-0.2, -0.15) is 0 Å². The summed E-state index contributed by atoms with van der Waals surface area (Å²) >= 11 is 5.25. The lowest BCUT2D eigenvalue weighted by Gasteiger charge is -2.13. The van der Waals surface area contributed by atoms with Gasteiger partial charge >= 0.3 is 0 Å². The molecule has 0 aliphatic heterocycles. The van der Waals surface area contributed by atoms with Gasteiger partial charge in [0.05, 0.1) is 6.26 Å². The SMILES string of the molecule is CN(CCCNC(=O)CCl)S(C)(=O)=O. The summed E-state index contributed by atoms with van der Waals surface area (Å²) in [6.45, 7) is 0.826. The van der Waals surface area contributed by atoms with E-state index in [4.69, 9.17) is 11.6 Å². The monoisotopic (exact) mass is 242 g/mol. The Morgan fingerprint density at radius 3 is 2.50 bits per heavy atom. The van der Waals surface area contributed by atoms with Gasteiger partial charge in [-0.05, 0) is 6.42 Å². The van der Waals surface area contributed by atoms with E-state index in [1.165, 1.54) is 11.4 Å². The average Bonchev–Trinajstić information content (AvgIpc) is 2.09. The average molecular weight is 243 g/mol. The van der Waals surface area contributed by atoms with E-state index in [1.807, 2.05) is 0 Å². The zero-order chi connectivity index (χ0) is 11.2. The van der Waals surface area contributed by atoms with Crippen LogP contribution in [0, 0.1) is 0 Å². The topological polar surface area (TPSA) is 66.5 Å². The fourth-order valence-electron chi connectivity index (χ4n) is 0.743. The van der Waals surface area contributed by atoms with Gasteiger partial charge in [0.15, 0.2) is 0 Å². The first-order chi connectivity index (χ1) is 6.38. The molecule has 0 unspecified atom stereocenters. The maximum absolute atomic E-state index is 10.9. The fourth-order valence-corrected chi connectivity index (χ4v) is 1.30. The molecular weight excluding hydrogens is 228 g/mol. The van der Waals surface area contributed by atoms with E-state index in [2.05, 4.69) is 5.32 Å². The van der Waals surface area contributed by atoms with E-state index in [0.29, 0.717) is 19.5 Å². The van der Waals surface area contributed by atoms with Gasteiger partial charge < -0.3 is 5.32 Å². The summed E-state index contributed by atoms with van der Waals surface area (Å²) in [6, 6.07) is 0. The Morgan fingerprint density at radius 2 is 2.07 bits per heavy atom. The number of hydrogen-bond acceptors (Lipinski definition) is 3. The molecule has 0 atom stereocenters. The van der Waals surface area contributed by atoms with Gasteiger partial charge in [0.2, 0.25) is 15.9 Å². The van der Waals surface area contributed by atoms with Crippen LogP contribution in [0.3, 0.4) is 0 Å². The van der Waals surface area contributed by atoms with Crippen molar-refractivity contribution in [2.45, 2.75) is 6.42 Å². The van der Waals surface area contributed by atoms with Crippen molar-refractivity contribution in [2.24, 2.45) is 0 Å². The second-order valence-electron chi connectivity index (χ2n) is 2.92. The molecule has 0 aromatic heterocycles. The Balaban J connectivity index is 3.61. The minimum Gasteiger partial charge on any atom is -0.355 e. The second kappa shape index (κ2) is 6.21. The molecule has 0 aliphatic rings. The third-order valence-electron chi connectivity index (χ3n) is 1.66. The number of amides is 1. The number of rotatable bonds is 6. The van der Waals surface area contributed by atoms with Crippen LogP contribution in [0.5, 0.6) is 0 Å². The summed E-state index contributed by atoms with van der Waals surface area (Å²) in [5, 5.41) is 2.55. The standard InChI is InChI=1S/C7H15ClN2O3S/c1-10(14(2,12)13)5-3-4-9-7(11)6-8/h3-6H2,1-2H3,(H,9,11). The van der Waals surface area contributed by atoms with E-state index in [1.54, 1.807) is 0 Å². The minimum atomic E-state index is -3.11. The van der Waals surface area contributed by atoms with Gasteiger partial charge in [-0.25, -0.2) is 12.7 Å². The highest BCUT2D eigenvalue weighted by Crippen LogP contribution is 1.93. The molecule has 0 saturated carbocycles. The van der Waals surface area contributed by atoms with Crippen molar-refractivity contribution in [3.63, 3.8) is 0 Å². The molecule has 0 radical (unpaired) electrons. The third-order valence-corrected chi connectivity index (χ3v) is 3.22. The number of nitrogens with zero attached hydrogens (tertiary/aromatic N) is 1. The van der Waals surface area contributed by atoms with Crippen molar-refractivity contribution in [2.75, 3.05) is 32.3 Å². The van der Waals surface area contributed by atoms with Crippen molar-refractivity contribution in [1.29, 1.82) is 0 Å². The summed E-state index contributed by atoms with van der Waals surface area (Å²) in [7, 11) is -1.62. The molecule has 0 aromatic rings. The maximum atomic E-state index is 10.9. The first-order valence-electron chi connectivity index (χ1n) is 4.12. The zero-order valence-electron chi connectivity index (χ0n) is 8.29. The molecule has 1 N–H and O–H groups in total. The first-order valence-corrected chi connectivity index (χ1v) is 6.50. The molecule has 7 heteroatoms. The van der Waals surface area contributed by atoms with Gasteiger partial charge in [0.25, 0.3) is 0 Å². The van der Waals surface area contributed by atoms with Crippen molar-refractivity contribution in [3.05, 3.63) is 0 Å².